The van der Waals surface area contributed by atoms with Crippen molar-refractivity contribution in [1.29, 1.82) is 0 Å². The molecule has 0 saturated heterocycles. The van der Waals surface area contributed by atoms with E-state index >= 15 is 0 Å². The van der Waals surface area contributed by atoms with Crippen molar-refractivity contribution in [2.45, 2.75) is 0 Å². The summed E-state index contributed by atoms with van der Waals surface area (Å²) in [4.78, 5) is 11.9. The third-order valence-electron chi connectivity index (χ3n) is 1.65. The van der Waals surface area contributed by atoms with E-state index in [1.54, 1.807) is 0 Å². The van der Waals surface area contributed by atoms with Gasteiger partial charge in [-0.05, 0) is 17.5 Å². The molecule has 11 heavy (non-hydrogen) atoms. The van der Waals surface area contributed by atoms with Gasteiger partial charge in [0.15, 0.2) is 0 Å². The molecule has 0 aliphatic carbocycles. The summed E-state index contributed by atoms with van der Waals surface area (Å²) in [6, 6.07) is 9.95. The fourth-order valence-corrected chi connectivity index (χ4v) is 1.54. The highest BCUT2D eigenvalue weighted by Crippen LogP contribution is 2.08. The van der Waals surface area contributed by atoms with Crippen molar-refractivity contribution >= 4 is 26.0 Å². The topological polar surface area (TPSA) is 36.0 Å². The van der Waals surface area contributed by atoms with Gasteiger partial charge < -0.3 is 9.78 Å². The second-order valence-corrected chi connectivity index (χ2v) is 3.14. The smallest absolute Gasteiger partial charge is 0.284 e. The van der Waals surface area contributed by atoms with Crippen LogP contribution in [0.25, 0.3) is 10.9 Å². The molecule has 3 heteroatoms. The lowest BCUT2D eigenvalue weighted by Crippen LogP contribution is -2.13. The van der Waals surface area contributed by atoms with Crippen LogP contribution in [0.4, 0.5) is 0 Å². The zero-order valence-electron chi connectivity index (χ0n) is 5.83. The van der Waals surface area contributed by atoms with E-state index in [-0.39, 0.29) is 9.76 Å². The van der Waals surface area contributed by atoms with Gasteiger partial charge in [0.25, 0.3) is 9.76 Å². The van der Waals surface area contributed by atoms with Crippen LogP contribution in [0, 0.1) is 0 Å². The molecule has 0 amide bonds. The van der Waals surface area contributed by atoms with E-state index in [1.165, 1.54) is 0 Å². The van der Waals surface area contributed by atoms with Crippen molar-refractivity contribution in [2.75, 3.05) is 0 Å². The molecule has 2 rings (SSSR count). The van der Waals surface area contributed by atoms with Crippen molar-refractivity contribution in [1.82, 2.24) is 4.98 Å². The largest absolute Gasteiger partial charge is 0.427 e. The summed E-state index contributed by atoms with van der Waals surface area (Å²) in [5, 5.41) is 2.05. The third-order valence-corrected chi connectivity index (χ3v) is 2.16. The first kappa shape index (κ1) is 6.63. The van der Waals surface area contributed by atoms with Crippen LogP contribution in [0.1, 0.15) is 0 Å². The van der Waals surface area contributed by atoms with Gasteiger partial charge in [-0.3, -0.25) is 0 Å². The lowest BCUT2D eigenvalue weighted by molar-refractivity contribution is 0.614. The number of benzene rings is 1. The number of aromatic nitrogens is 1. The molecule has 2 nitrogen and oxygen atoms in total. The highest BCUT2D eigenvalue weighted by Gasteiger charge is 1.97. The van der Waals surface area contributed by atoms with Gasteiger partial charge in [-0.15, -0.1) is 0 Å². The first-order valence-corrected chi connectivity index (χ1v) is 4.33. The van der Waals surface area contributed by atoms with E-state index in [2.05, 4.69) is 4.98 Å². The van der Waals surface area contributed by atoms with Gasteiger partial charge in [0.05, 0.1) is 0 Å². The Labute approximate surface area is 66.8 Å². The summed E-state index contributed by atoms with van der Waals surface area (Å²) in [7, 11) is -0.142. The SMILES string of the molecule is O[Si]c1cc2ccccc2[nH]1. The van der Waals surface area contributed by atoms with Crippen LogP contribution in [-0.2, 0) is 0 Å². The molecular weight excluding hydrogens is 154 g/mol. The quantitative estimate of drug-likeness (QED) is 0.584. The Kier molecular flexibility index (Phi) is 1.52. The maximum absolute atomic E-state index is 8.84. The summed E-state index contributed by atoms with van der Waals surface area (Å²) >= 11 is 0. The average Bonchev–Trinajstić information content (AvgIpc) is 2.46. The van der Waals surface area contributed by atoms with Crippen molar-refractivity contribution in [3.05, 3.63) is 30.3 Å². The van der Waals surface area contributed by atoms with Gasteiger partial charge in [0.2, 0.25) is 0 Å². The molecule has 0 atom stereocenters. The zero-order valence-corrected chi connectivity index (χ0v) is 6.83. The number of para-hydroxylation sites is 1. The van der Waals surface area contributed by atoms with E-state index in [0.29, 0.717) is 0 Å². The zero-order chi connectivity index (χ0) is 7.68. The van der Waals surface area contributed by atoms with Crippen LogP contribution in [0.2, 0.25) is 0 Å². The van der Waals surface area contributed by atoms with E-state index in [4.69, 9.17) is 4.80 Å². The van der Waals surface area contributed by atoms with Gasteiger partial charge in [-0.2, -0.15) is 0 Å². The lowest BCUT2D eigenvalue weighted by atomic mass is 10.3. The Hall–Kier alpha value is -1.06. The highest BCUT2D eigenvalue weighted by molar-refractivity contribution is 6.45. The fraction of sp³-hybridized carbons (Fsp3) is 0. The summed E-state index contributed by atoms with van der Waals surface area (Å²) in [6.07, 6.45) is 0. The summed E-state index contributed by atoms with van der Waals surface area (Å²) in [5.41, 5.74) is 1.09. The molecule has 2 N–H and O–H groups in total. The van der Waals surface area contributed by atoms with Crippen molar-refractivity contribution in [2.24, 2.45) is 0 Å². The standard InChI is InChI=1S/C8H7NOSi/c10-11-8-5-6-3-1-2-4-7(6)9-8/h1-5,9-10H. The summed E-state index contributed by atoms with van der Waals surface area (Å²) in [5.74, 6) is 0. The van der Waals surface area contributed by atoms with E-state index < -0.39 is 0 Å². The number of nitrogens with one attached hydrogen (secondary N) is 1. The first-order valence-electron chi connectivity index (χ1n) is 3.38. The van der Waals surface area contributed by atoms with Gasteiger partial charge in [-0.25, -0.2) is 0 Å². The lowest BCUT2D eigenvalue weighted by Gasteiger charge is -1.84. The minimum absolute atomic E-state index is 0.142. The predicted octanol–water partition coefficient (Wildman–Crippen LogP) is 0.405. The predicted molar refractivity (Wildman–Crippen MR) is 45.9 cm³/mol. The molecule has 0 spiro atoms. The molecule has 1 heterocycles. The van der Waals surface area contributed by atoms with Crippen LogP contribution in [0.15, 0.2) is 30.3 Å². The Morgan fingerprint density at radius 2 is 2.09 bits per heavy atom. The minimum atomic E-state index is -0.142. The van der Waals surface area contributed by atoms with Gasteiger partial charge in [0, 0.05) is 10.8 Å². The Morgan fingerprint density at radius 3 is 2.82 bits per heavy atom. The second-order valence-electron chi connectivity index (χ2n) is 2.38. The molecule has 2 aromatic rings. The normalized spacial score (nSPS) is 10.6. The van der Waals surface area contributed by atoms with Crippen molar-refractivity contribution < 1.29 is 4.80 Å². The fourth-order valence-electron chi connectivity index (χ4n) is 1.13. The summed E-state index contributed by atoms with van der Waals surface area (Å²) in [6.45, 7) is 0. The monoisotopic (exact) mass is 161 g/mol. The number of hydrogen-bond donors (Lipinski definition) is 2. The number of hydrogen-bond acceptors (Lipinski definition) is 1. The van der Waals surface area contributed by atoms with Crippen LogP contribution in [-0.4, -0.2) is 19.5 Å². The Balaban J connectivity index is 2.69. The molecule has 1 aromatic carbocycles. The number of aromatic amines is 1. The van der Waals surface area contributed by atoms with Crippen LogP contribution < -0.4 is 5.32 Å². The molecule has 0 saturated carbocycles. The second kappa shape index (κ2) is 2.52. The molecule has 0 aliphatic heterocycles. The maximum Gasteiger partial charge on any atom is 0.284 e. The molecule has 54 valence electrons. The van der Waals surface area contributed by atoms with E-state index in [0.717, 1.165) is 16.2 Å². The molecule has 0 aliphatic rings. The number of fused-ring (bicyclic) bond motifs is 1. The Bertz CT molecular complexity index is 336. The first-order chi connectivity index (χ1) is 5.40. The average molecular weight is 161 g/mol. The van der Waals surface area contributed by atoms with Gasteiger partial charge >= 0.3 is 0 Å². The molecule has 0 fully saturated rings. The third kappa shape index (κ3) is 1.08. The van der Waals surface area contributed by atoms with Crippen molar-refractivity contribution in [3.63, 3.8) is 0 Å². The highest BCUT2D eigenvalue weighted by atomic mass is 28.2. The van der Waals surface area contributed by atoms with Crippen molar-refractivity contribution in [3.8, 4) is 0 Å². The van der Waals surface area contributed by atoms with E-state index in [9.17, 15) is 0 Å². The number of rotatable bonds is 1. The van der Waals surface area contributed by atoms with Crippen LogP contribution in [0.5, 0.6) is 0 Å². The minimum Gasteiger partial charge on any atom is -0.427 e. The molecule has 2 radical (unpaired) electrons. The van der Waals surface area contributed by atoms with Crippen LogP contribution in [0.3, 0.4) is 0 Å². The molecule has 0 bridgehead atoms. The maximum atomic E-state index is 8.84. The molecular formula is C8H7NOSi. The van der Waals surface area contributed by atoms with Gasteiger partial charge in [0.1, 0.15) is 0 Å². The molecule has 1 aromatic heterocycles. The van der Waals surface area contributed by atoms with E-state index in [1.807, 2.05) is 30.3 Å². The number of H-pyrrole nitrogens is 1. The van der Waals surface area contributed by atoms with Gasteiger partial charge in [-0.1, -0.05) is 18.2 Å². The molecule has 0 unspecified atom stereocenters. The van der Waals surface area contributed by atoms with Crippen LogP contribution >= 0.6 is 0 Å². The Morgan fingerprint density at radius 1 is 1.27 bits per heavy atom. The summed E-state index contributed by atoms with van der Waals surface area (Å²) < 4.78 is 0.